The Hall–Kier alpha value is -3.79. The maximum Gasteiger partial charge on any atom is 0.416 e. The summed E-state index contributed by atoms with van der Waals surface area (Å²) in [4.78, 5) is 12.3. The highest BCUT2D eigenvalue weighted by molar-refractivity contribution is 5.93. The van der Waals surface area contributed by atoms with E-state index in [1.54, 1.807) is 49.4 Å². The predicted octanol–water partition coefficient (Wildman–Crippen LogP) is 5.86. The van der Waals surface area contributed by atoms with Crippen molar-refractivity contribution in [3.63, 3.8) is 0 Å². The molecule has 0 unspecified atom stereocenters. The second kappa shape index (κ2) is 8.70. The standard InChI is InChI=1S/C23H17F3N2O2/c1-15-12-20(30-19-8-4-17(14-27)5-9-19)10-11-21(15)28-22(29)13-16-2-6-18(7-3-16)23(24,25)26/h2-12H,13H2,1H3,(H,28,29). The van der Waals surface area contributed by atoms with Crippen LogP contribution < -0.4 is 10.1 Å². The van der Waals surface area contributed by atoms with Crippen LogP contribution in [0.3, 0.4) is 0 Å². The summed E-state index contributed by atoms with van der Waals surface area (Å²) in [7, 11) is 0. The number of aryl methyl sites for hydroxylation is 1. The van der Waals surface area contributed by atoms with Crippen molar-refractivity contribution >= 4 is 11.6 Å². The van der Waals surface area contributed by atoms with Crippen molar-refractivity contribution in [3.05, 3.63) is 89.0 Å². The maximum atomic E-state index is 12.6. The van der Waals surface area contributed by atoms with E-state index in [1.165, 1.54) is 12.1 Å². The van der Waals surface area contributed by atoms with E-state index in [0.717, 1.165) is 17.7 Å². The first kappa shape index (κ1) is 20.9. The number of hydrogen-bond donors (Lipinski definition) is 1. The van der Waals surface area contributed by atoms with Crippen LogP contribution in [0.1, 0.15) is 22.3 Å². The van der Waals surface area contributed by atoms with Crippen LogP contribution >= 0.6 is 0 Å². The van der Waals surface area contributed by atoms with Gasteiger partial charge in [0.1, 0.15) is 11.5 Å². The molecule has 30 heavy (non-hydrogen) atoms. The van der Waals surface area contributed by atoms with Crippen LogP contribution in [0, 0.1) is 18.3 Å². The van der Waals surface area contributed by atoms with E-state index in [0.29, 0.717) is 28.3 Å². The van der Waals surface area contributed by atoms with E-state index < -0.39 is 11.7 Å². The number of rotatable bonds is 5. The fourth-order valence-corrected chi connectivity index (χ4v) is 2.76. The molecule has 1 N–H and O–H groups in total. The van der Waals surface area contributed by atoms with Gasteiger partial charge in [-0.05, 0) is 72.6 Å². The normalized spacial score (nSPS) is 10.9. The Labute approximate surface area is 171 Å². The lowest BCUT2D eigenvalue weighted by atomic mass is 10.1. The van der Waals surface area contributed by atoms with Crippen LogP contribution in [-0.4, -0.2) is 5.91 Å². The summed E-state index contributed by atoms with van der Waals surface area (Å²) in [5.41, 5.74) is 1.62. The Morgan fingerprint density at radius 3 is 2.20 bits per heavy atom. The van der Waals surface area contributed by atoms with E-state index in [1.807, 2.05) is 6.07 Å². The molecule has 0 fully saturated rings. The van der Waals surface area contributed by atoms with Crippen LogP contribution in [0.5, 0.6) is 11.5 Å². The summed E-state index contributed by atoms with van der Waals surface area (Å²) >= 11 is 0. The fourth-order valence-electron chi connectivity index (χ4n) is 2.76. The Morgan fingerprint density at radius 2 is 1.63 bits per heavy atom. The summed E-state index contributed by atoms with van der Waals surface area (Å²) in [5, 5.41) is 11.6. The number of hydrogen-bond acceptors (Lipinski definition) is 3. The number of halogens is 3. The third-order valence-corrected chi connectivity index (χ3v) is 4.34. The summed E-state index contributed by atoms with van der Waals surface area (Å²) in [6.07, 6.45) is -4.44. The molecular weight excluding hydrogens is 393 g/mol. The smallest absolute Gasteiger partial charge is 0.416 e. The number of ether oxygens (including phenoxy) is 1. The molecule has 7 heteroatoms. The molecule has 152 valence electrons. The number of nitrogens with zero attached hydrogens (tertiary/aromatic N) is 1. The lowest BCUT2D eigenvalue weighted by molar-refractivity contribution is -0.137. The summed E-state index contributed by atoms with van der Waals surface area (Å²) in [6, 6.07) is 18.4. The zero-order valence-electron chi connectivity index (χ0n) is 16.0. The van der Waals surface area contributed by atoms with Crippen molar-refractivity contribution in [2.45, 2.75) is 19.5 Å². The molecule has 0 saturated carbocycles. The van der Waals surface area contributed by atoms with Crippen molar-refractivity contribution < 1.29 is 22.7 Å². The largest absolute Gasteiger partial charge is 0.457 e. The zero-order valence-corrected chi connectivity index (χ0v) is 16.0. The van der Waals surface area contributed by atoms with Gasteiger partial charge in [0.25, 0.3) is 0 Å². The monoisotopic (exact) mass is 410 g/mol. The molecule has 3 aromatic rings. The van der Waals surface area contributed by atoms with E-state index >= 15 is 0 Å². The van der Waals surface area contributed by atoms with Crippen molar-refractivity contribution in [3.8, 4) is 17.6 Å². The van der Waals surface area contributed by atoms with E-state index in [4.69, 9.17) is 10.00 Å². The first-order chi connectivity index (χ1) is 14.2. The average Bonchev–Trinajstić information content (AvgIpc) is 2.70. The Bertz CT molecular complexity index is 1080. The van der Waals surface area contributed by atoms with Gasteiger partial charge in [0, 0.05) is 5.69 Å². The molecule has 3 rings (SSSR count). The van der Waals surface area contributed by atoms with Crippen LogP contribution in [0.25, 0.3) is 0 Å². The maximum absolute atomic E-state index is 12.6. The molecule has 4 nitrogen and oxygen atoms in total. The molecule has 0 aliphatic carbocycles. The molecule has 0 spiro atoms. The van der Waals surface area contributed by atoms with Gasteiger partial charge in [-0.3, -0.25) is 4.79 Å². The number of carbonyl (C=O) groups is 1. The van der Waals surface area contributed by atoms with Crippen LogP contribution in [-0.2, 0) is 17.4 Å². The Morgan fingerprint density at radius 1 is 1.00 bits per heavy atom. The lowest BCUT2D eigenvalue weighted by Gasteiger charge is -2.12. The number of amides is 1. The zero-order chi connectivity index (χ0) is 21.7. The Balaban J connectivity index is 1.62. The lowest BCUT2D eigenvalue weighted by Crippen LogP contribution is -2.15. The SMILES string of the molecule is Cc1cc(Oc2ccc(C#N)cc2)ccc1NC(=O)Cc1ccc(C(F)(F)F)cc1. The minimum Gasteiger partial charge on any atom is -0.457 e. The highest BCUT2D eigenvalue weighted by Crippen LogP contribution is 2.29. The average molecular weight is 410 g/mol. The predicted molar refractivity (Wildman–Crippen MR) is 106 cm³/mol. The molecule has 3 aromatic carbocycles. The molecule has 0 aliphatic heterocycles. The van der Waals surface area contributed by atoms with Crippen LogP contribution in [0.15, 0.2) is 66.7 Å². The van der Waals surface area contributed by atoms with Gasteiger partial charge in [-0.2, -0.15) is 18.4 Å². The van der Waals surface area contributed by atoms with Crippen LogP contribution in [0.4, 0.5) is 18.9 Å². The number of anilines is 1. The second-order valence-corrected chi connectivity index (χ2v) is 6.63. The summed E-state index contributed by atoms with van der Waals surface area (Å²) in [6.45, 7) is 1.80. The number of carbonyl (C=O) groups excluding carboxylic acids is 1. The third kappa shape index (κ3) is 5.39. The molecule has 0 heterocycles. The van der Waals surface area contributed by atoms with Crippen molar-refractivity contribution in [1.29, 1.82) is 5.26 Å². The van der Waals surface area contributed by atoms with Gasteiger partial charge in [-0.25, -0.2) is 0 Å². The summed E-state index contributed by atoms with van der Waals surface area (Å²) in [5.74, 6) is 0.809. The van der Waals surface area contributed by atoms with Gasteiger partial charge >= 0.3 is 6.18 Å². The second-order valence-electron chi connectivity index (χ2n) is 6.63. The number of benzene rings is 3. The van der Waals surface area contributed by atoms with Gasteiger partial charge in [0.05, 0.1) is 23.6 Å². The van der Waals surface area contributed by atoms with Gasteiger partial charge in [-0.15, -0.1) is 0 Å². The van der Waals surface area contributed by atoms with Gasteiger partial charge in [-0.1, -0.05) is 12.1 Å². The molecule has 0 atom stereocenters. The Kier molecular flexibility index (Phi) is 6.07. The van der Waals surface area contributed by atoms with Gasteiger partial charge in [0.15, 0.2) is 0 Å². The quantitative estimate of drug-likeness (QED) is 0.573. The minimum absolute atomic E-state index is 0.0406. The summed E-state index contributed by atoms with van der Waals surface area (Å²) < 4.78 is 43.6. The molecule has 1 amide bonds. The third-order valence-electron chi connectivity index (χ3n) is 4.34. The van der Waals surface area contributed by atoms with Crippen molar-refractivity contribution in [1.82, 2.24) is 0 Å². The molecule has 0 aromatic heterocycles. The van der Waals surface area contributed by atoms with E-state index in [9.17, 15) is 18.0 Å². The topological polar surface area (TPSA) is 62.1 Å². The van der Waals surface area contributed by atoms with E-state index in [-0.39, 0.29) is 12.3 Å². The van der Waals surface area contributed by atoms with Crippen LogP contribution in [0.2, 0.25) is 0 Å². The van der Waals surface area contributed by atoms with Crippen molar-refractivity contribution in [2.24, 2.45) is 0 Å². The molecule has 0 bridgehead atoms. The molecule has 0 saturated heterocycles. The van der Waals surface area contributed by atoms with E-state index in [2.05, 4.69) is 5.32 Å². The number of nitrogens with one attached hydrogen (secondary N) is 1. The highest BCUT2D eigenvalue weighted by atomic mass is 19.4. The number of nitriles is 1. The van der Waals surface area contributed by atoms with Gasteiger partial charge in [0.2, 0.25) is 5.91 Å². The number of alkyl halides is 3. The van der Waals surface area contributed by atoms with Crippen molar-refractivity contribution in [2.75, 3.05) is 5.32 Å². The molecular formula is C23H17F3N2O2. The fraction of sp³-hybridized carbons (Fsp3) is 0.130. The highest BCUT2D eigenvalue weighted by Gasteiger charge is 2.29. The van der Waals surface area contributed by atoms with Gasteiger partial charge < -0.3 is 10.1 Å². The minimum atomic E-state index is -4.40. The molecule has 0 aliphatic rings. The molecule has 0 radical (unpaired) electrons. The first-order valence-corrected chi connectivity index (χ1v) is 8.99. The first-order valence-electron chi connectivity index (χ1n) is 8.99.